The van der Waals surface area contributed by atoms with Gasteiger partial charge in [0.15, 0.2) is 11.5 Å². The Morgan fingerprint density at radius 3 is 2.35 bits per heavy atom. The van der Waals surface area contributed by atoms with Gasteiger partial charge in [0, 0.05) is 6.54 Å². The molecule has 31 heavy (non-hydrogen) atoms. The molecule has 1 N–H and O–H groups in total. The number of carbonyl (C=O) groups excluding carboxylic acids is 2. The van der Waals surface area contributed by atoms with E-state index >= 15 is 0 Å². The van der Waals surface area contributed by atoms with Crippen LogP contribution < -0.4 is 9.47 Å². The Bertz CT molecular complexity index is 1080. The van der Waals surface area contributed by atoms with Crippen molar-refractivity contribution in [3.63, 3.8) is 0 Å². The van der Waals surface area contributed by atoms with Gasteiger partial charge in [0.1, 0.15) is 10.8 Å². The lowest BCUT2D eigenvalue weighted by molar-refractivity contribution is -0.139. The highest BCUT2D eigenvalue weighted by Gasteiger charge is 2.46. The van der Waals surface area contributed by atoms with Crippen LogP contribution in [0.3, 0.4) is 0 Å². The molecule has 1 amide bonds. The van der Waals surface area contributed by atoms with Crippen LogP contribution in [-0.4, -0.2) is 42.5 Å². The van der Waals surface area contributed by atoms with E-state index in [2.05, 4.69) is 0 Å². The van der Waals surface area contributed by atoms with Crippen molar-refractivity contribution in [2.45, 2.75) is 26.3 Å². The van der Waals surface area contributed by atoms with Crippen LogP contribution in [0.5, 0.6) is 11.5 Å². The number of hydrogen-bond acceptors (Lipinski definition) is 5. The second-order valence-electron chi connectivity index (χ2n) is 7.14. The lowest BCUT2D eigenvalue weighted by Gasteiger charge is -2.26. The Kier molecular flexibility index (Phi) is 6.82. The van der Waals surface area contributed by atoms with Crippen molar-refractivity contribution < 1.29 is 24.2 Å². The monoisotopic (exact) mass is 463 g/mol. The number of likely N-dealkylation sites (tertiary alicyclic amines) is 1. The number of rotatable bonds is 6. The number of carbonyl (C=O) groups is 2. The van der Waals surface area contributed by atoms with Crippen LogP contribution in [0, 0.1) is 6.92 Å². The van der Waals surface area contributed by atoms with Crippen molar-refractivity contribution >= 4 is 40.7 Å². The zero-order chi connectivity index (χ0) is 22.9. The topological polar surface area (TPSA) is 76.1 Å². The third kappa shape index (κ3) is 3.86. The van der Waals surface area contributed by atoms with Gasteiger partial charge in [-0.15, -0.1) is 0 Å². The molecule has 0 radical (unpaired) electrons. The molecule has 2 aromatic carbocycles. The summed E-state index contributed by atoms with van der Waals surface area (Å²) in [7, 11) is 2.78. The Morgan fingerprint density at radius 1 is 1.13 bits per heavy atom. The van der Waals surface area contributed by atoms with Gasteiger partial charge in [0.2, 0.25) is 0 Å². The number of hydrogen-bond donors (Lipinski definition) is 1. The number of aliphatic hydroxyl groups is 1. The van der Waals surface area contributed by atoms with Crippen LogP contribution in [0.15, 0.2) is 35.9 Å². The van der Waals surface area contributed by atoms with Gasteiger partial charge in [-0.2, -0.15) is 0 Å². The fraction of sp³-hybridized carbons (Fsp3) is 0.304. The molecule has 6 nitrogen and oxygen atoms in total. The van der Waals surface area contributed by atoms with E-state index in [0.717, 1.165) is 11.1 Å². The molecule has 1 aliphatic heterocycles. The smallest absolute Gasteiger partial charge is 0.295 e. The number of aliphatic hydroxyl groups excluding tert-OH is 1. The van der Waals surface area contributed by atoms with Crippen molar-refractivity contribution in [1.29, 1.82) is 0 Å². The number of ketones is 1. The third-order valence-corrected chi connectivity index (χ3v) is 5.91. The quantitative estimate of drug-likeness (QED) is 0.364. The van der Waals surface area contributed by atoms with Gasteiger partial charge < -0.3 is 19.5 Å². The van der Waals surface area contributed by atoms with Gasteiger partial charge in [-0.25, -0.2) is 0 Å². The van der Waals surface area contributed by atoms with Crippen molar-refractivity contribution in [3.05, 3.63) is 62.6 Å². The lowest BCUT2D eigenvalue weighted by atomic mass is 9.92. The van der Waals surface area contributed by atoms with Crippen LogP contribution in [0.4, 0.5) is 0 Å². The van der Waals surface area contributed by atoms with Crippen LogP contribution in [0.2, 0.25) is 10.0 Å². The molecule has 1 fully saturated rings. The number of halogens is 2. The van der Waals surface area contributed by atoms with E-state index in [9.17, 15) is 14.7 Å². The Morgan fingerprint density at radius 2 is 1.77 bits per heavy atom. The number of amides is 1. The van der Waals surface area contributed by atoms with Gasteiger partial charge in [-0.3, -0.25) is 9.59 Å². The first-order valence-corrected chi connectivity index (χ1v) is 10.5. The van der Waals surface area contributed by atoms with Gasteiger partial charge in [0.25, 0.3) is 11.7 Å². The first kappa shape index (κ1) is 23.0. The van der Waals surface area contributed by atoms with Crippen LogP contribution >= 0.6 is 23.2 Å². The molecular formula is C23H23Cl2NO5. The number of methoxy groups -OCH3 is 2. The minimum Gasteiger partial charge on any atom is -0.507 e. The predicted molar refractivity (Wildman–Crippen MR) is 120 cm³/mol. The Balaban J connectivity index is 2.33. The summed E-state index contributed by atoms with van der Waals surface area (Å²) in [5, 5.41) is 11.5. The first-order valence-electron chi connectivity index (χ1n) is 9.72. The lowest BCUT2D eigenvalue weighted by Crippen LogP contribution is -2.30. The zero-order valence-electron chi connectivity index (χ0n) is 17.7. The van der Waals surface area contributed by atoms with Crippen LogP contribution in [0.25, 0.3) is 5.76 Å². The predicted octanol–water partition coefficient (Wildman–Crippen LogP) is 5.15. The molecule has 1 atom stereocenters. The van der Waals surface area contributed by atoms with Gasteiger partial charge in [-0.05, 0) is 30.5 Å². The number of aryl methyl sites for hydroxylation is 1. The van der Waals surface area contributed by atoms with Crippen molar-refractivity contribution in [2.24, 2.45) is 0 Å². The van der Waals surface area contributed by atoms with Crippen molar-refractivity contribution in [1.82, 2.24) is 4.90 Å². The average Bonchev–Trinajstić information content (AvgIpc) is 2.98. The van der Waals surface area contributed by atoms with Crippen LogP contribution in [0.1, 0.15) is 36.1 Å². The minimum absolute atomic E-state index is 0.0386. The molecular weight excluding hydrogens is 441 g/mol. The molecule has 1 aliphatic rings. The molecule has 3 rings (SSSR count). The first-order chi connectivity index (χ1) is 14.8. The Labute approximate surface area is 191 Å². The molecule has 0 spiro atoms. The molecule has 1 saturated heterocycles. The second kappa shape index (κ2) is 9.20. The SMILES string of the molecule is CCCN1C(=O)C(=O)/C(=C(/O)c2cc(Cl)c(OC)c(Cl)c2OC)C1c1ccccc1C. The largest absolute Gasteiger partial charge is 0.507 e. The van der Waals surface area contributed by atoms with Crippen molar-refractivity contribution in [2.75, 3.05) is 20.8 Å². The molecule has 8 heteroatoms. The highest BCUT2D eigenvalue weighted by Crippen LogP contribution is 2.47. The maximum atomic E-state index is 13.1. The van der Waals surface area contributed by atoms with E-state index in [1.807, 2.05) is 38.1 Å². The summed E-state index contributed by atoms with van der Waals surface area (Å²) in [5.74, 6) is -1.58. The third-order valence-electron chi connectivity index (χ3n) is 5.28. The van der Waals surface area contributed by atoms with E-state index in [4.69, 9.17) is 32.7 Å². The Hall–Kier alpha value is -2.70. The summed E-state index contributed by atoms with van der Waals surface area (Å²) in [6, 6.07) is 8.09. The number of benzene rings is 2. The fourth-order valence-corrected chi connectivity index (χ4v) is 4.55. The van der Waals surface area contributed by atoms with E-state index < -0.39 is 23.5 Å². The number of ether oxygens (including phenoxy) is 2. The second-order valence-corrected chi connectivity index (χ2v) is 7.92. The highest BCUT2D eigenvalue weighted by molar-refractivity contribution is 6.47. The van der Waals surface area contributed by atoms with Crippen molar-refractivity contribution in [3.8, 4) is 11.5 Å². The minimum atomic E-state index is -0.774. The van der Waals surface area contributed by atoms with E-state index in [1.54, 1.807) is 0 Å². The molecule has 1 unspecified atom stereocenters. The van der Waals surface area contributed by atoms with E-state index in [0.29, 0.717) is 13.0 Å². The molecule has 2 aromatic rings. The van der Waals surface area contributed by atoms with Crippen LogP contribution in [-0.2, 0) is 9.59 Å². The highest BCUT2D eigenvalue weighted by atomic mass is 35.5. The van der Waals surface area contributed by atoms with Gasteiger partial charge >= 0.3 is 0 Å². The number of Topliss-reactive ketones (excluding diaryl/α,β-unsaturated/α-hetero) is 1. The average molecular weight is 464 g/mol. The molecule has 0 aliphatic carbocycles. The molecule has 0 bridgehead atoms. The summed E-state index contributed by atoms with van der Waals surface area (Å²) in [4.78, 5) is 27.4. The zero-order valence-corrected chi connectivity index (χ0v) is 19.2. The van der Waals surface area contributed by atoms with E-state index in [-0.39, 0.29) is 32.7 Å². The standard InChI is InChI=1S/C23H23Cl2NO5/c1-5-10-26-18(13-9-7-6-8-12(13)2)16(20(28)23(26)29)19(27)14-11-15(24)22(31-4)17(25)21(14)30-3/h6-9,11,18,27H,5,10H2,1-4H3/b19-16+. The van der Waals surface area contributed by atoms with Gasteiger partial charge in [0.05, 0.1) is 36.4 Å². The summed E-state index contributed by atoms with van der Waals surface area (Å²) >= 11 is 12.6. The molecule has 0 saturated carbocycles. The van der Waals surface area contributed by atoms with E-state index in [1.165, 1.54) is 25.2 Å². The normalized spacial score (nSPS) is 17.9. The summed E-state index contributed by atoms with van der Waals surface area (Å²) in [6.07, 6.45) is 0.652. The maximum Gasteiger partial charge on any atom is 0.295 e. The summed E-state index contributed by atoms with van der Waals surface area (Å²) in [6.45, 7) is 4.17. The number of nitrogens with zero attached hydrogens (tertiary/aromatic N) is 1. The van der Waals surface area contributed by atoms with Gasteiger partial charge in [-0.1, -0.05) is 54.4 Å². The molecule has 0 aromatic heterocycles. The summed E-state index contributed by atoms with van der Waals surface area (Å²) < 4.78 is 10.6. The fourth-order valence-electron chi connectivity index (χ4n) is 3.86. The molecule has 164 valence electrons. The molecule has 1 heterocycles. The maximum absolute atomic E-state index is 13.1. The summed E-state index contributed by atoms with van der Waals surface area (Å²) in [5.41, 5.74) is 1.70.